The van der Waals surface area contributed by atoms with Gasteiger partial charge in [-0.05, 0) is 48.4 Å². The Morgan fingerprint density at radius 3 is 2.62 bits per heavy atom. The highest BCUT2D eigenvalue weighted by Gasteiger charge is 2.20. The highest BCUT2D eigenvalue weighted by Crippen LogP contribution is 2.32. The van der Waals surface area contributed by atoms with Gasteiger partial charge in [0.05, 0.1) is 0 Å². The van der Waals surface area contributed by atoms with Crippen LogP contribution in [0.5, 0.6) is 11.5 Å². The maximum atomic E-state index is 12.5. The summed E-state index contributed by atoms with van der Waals surface area (Å²) in [6.07, 6.45) is 3.47. The maximum absolute atomic E-state index is 12.5. The number of hydrogen-bond acceptors (Lipinski definition) is 4. The average molecular weight is 350 g/mol. The van der Waals surface area contributed by atoms with E-state index in [4.69, 9.17) is 9.47 Å². The van der Waals surface area contributed by atoms with Crippen LogP contribution in [0.15, 0.2) is 48.5 Å². The van der Waals surface area contributed by atoms with E-state index in [0.29, 0.717) is 0 Å². The second-order valence-corrected chi connectivity index (χ2v) is 6.60. The molecular weight excluding hydrogens is 328 g/mol. The number of anilines is 1. The lowest BCUT2D eigenvalue weighted by Gasteiger charge is -2.35. The Morgan fingerprint density at radius 1 is 1.00 bits per heavy atom. The molecule has 0 saturated carbocycles. The molecule has 0 N–H and O–H groups in total. The zero-order valence-corrected chi connectivity index (χ0v) is 14.9. The maximum Gasteiger partial charge on any atom is 0.246 e. The van der Waals surface area contributed by atoms with Crippen LogP contribution >= 0.6 is 0 Å². The van der Waals surface area contributed by atoms with Crippen molar-refractivity contribution in [1.82, 2.24) is 4.90 Å². The molecule has 0 aliphatic carbocycles. The van der Waals surface area contributed by atoms with Crippen molar-refractivity contribution in [2.45, 2.75) is 6.92 Å². The fourth-order valence-electron chi connectivity index (χ4n) is 3.30. The van der Waals surface area contributed by atoms with Crippen molar-refractivity contribution in [1.29, 1.82) is 0 Å². The van der Waals surface area contributed by atoms with E-state index < -0.39 is 0 Å². The van der Waals surface area contributed by atoms with E-state index in [9.17, 15) is 4.79 Å². The molecule has 26 heavy (non-hydrogen) atoms. The molecule has 0 bridgehead atoms. The molecule has 0 atom stereocenters. The number of hydrogen-bond donors (Lipinski definition) is 0. The molecule has 2 aromatic carbocycles. The van der Waals surface area contributed by atoms with Crippen LogP contribution in [0.25, 0.3) is 6.08 Å². The van der Waals surface area contributed by atoms with Crippen LogP contribution in [0.1, 0.15) is 11.1 Å². The molecule has 5 nitrogen and oxygen atoms in total. The van der Waals surface area contributed by atoms with Gasteiger partial charge >= 0.3 is 0 Å². The minimum atomic E-state index is 0.0477. The topological polar surface area (TPSA) is 42.0 Å². The third-order valence-corrected chi connectivity index (χ3v) is 4.77. The summed E-state index contributed by atoms with van der Waals surface area (Å²) in [6.45, 7) is 5.54. The van der Waals surface area contributed by atoms with Gasteiger partial charge in [0.2, 0.25) is 12.7 Å². The van der Waals surface area contributed by atoms with Gasteiger partial charge in [0.1, 0.15) is 0 Å². The van der Waals surface area contributed by atoms with Gasteiger partial charge in [-0.2, -0.15) is 0 Å². The van der Waals surface area contributed by atoms with E-state index >= 15 is 0 Å². The quantitative estimate of drug-likeness (QED) is 0.798. The number of fused-ring (bicyclic) bond motifs is 1. The van der Waals surface area contributed by atoms with Gasteiger partial charge in [0.25, 0.3) is 0 Å². The summed E-state index contributed by atoms with van der Waals surface area (Å²) in [6, 6.07) is 14.2. The molecule has 0 unspecified atom stereocenters. The summed E-state index contributed by atoms with van der Waals surface area (Å²) in [5.74, 6) is 1.53. The van der Waals surface area contributed by atoms with Gasteiger partial charge in [-0.25, -0.2) is 0 Å². The molecule has 2 aromatic rings. The van der Waals surface area contributed by atoms with Crippen molar-refractivity contribution in [2.75, 3.05) is 37.9 Å². The van der Waals surface area contributed by atoms with Gasteiger partial charge < -0.3 is 19.3 Å². The number of piperazine rings is 1. The smallest absolute Gasteiger partial charge is 0.246 e. The molecule has 5 heteroatoms. The normalized spacial score (nSPS) is 16.3. The van der Waals surface area contributed by atoms with Crippen molar-refractivity contribution in [3.05, 3.63) is 59.7 Å². The number of amides is 1. The standard InChI is InChI=1S/C21H22N2O3/c1-16-3-2-4-18(13-16)22-9-11-23(12-10-22)21(24)8-6-17-5-7-19-20(14-17)26-15-25-19/h2-8,13-14H,9-12,15H2,1H3. The summed E-state index contributed by atoms with van der Waals surface area (Å²) < 4.78 is 10.7. The molecule has 0 aromatic heterocycles. The third-order valence-electron chi connectivity index (χ3n) is 4.77. The first-order chi connectivity index (χ1) is 12.7. The summed E-state index contributed by atoms with van der Waals surface area (Å²) >= 11 is 0. The van der Waals surface area contributed by atoms with Crippen LogP contribution in [-0.4, -0.2) is 43.8 Å². The van der Waals surface area contributed by atoms with Gasteiger partial charge in [0, 0.05) is 37.9 Å². The van der Waals surface area contributed by atoms with Crippen LogP contribution in [0.3, 0.4) is 0 Å². The fraction of sp³-hybridized carbons (Fsp3) is 0.286. The molecule has 134 valence electrons. The number of carbonyl (C=O) groups is 1. The van der Waals surface area contributed by atoms with E-state index in [1.807, 2.05) is 29.2 Å². The third kappa shape index (κ3) is 3.52. The lowest BCUT2D eigenvalue weighted by Crippen LogP contribution is -2.48. The molecule has 2 aliphatic rings. The highest BCUT2D eigenvalue weighted by atomic mass is 16.7. The molecule has 2 heterocycles. The first kappa shape index (κ1) is 16.5. The van der Waals surface area contributed by atoms with Gasteiger partial charge in [0.15, 0.2) is 11.5 Å². The Bertz CT molecular complexity index is 839. The molecule has 1 saturated heterocycles. The van der Waals surface area contributed by atoms with Gasteiger partial charge in [-0.15, -0.1) is 0 Å². The second-order valence-electron chi connectivity index (χ2n) is 6.60. The van der Waals surface area contributed by atoms with E-state index in [0.717, 1.165) is 43.2 Å². The van der Waals surface area contributed by atoms with Crippen molar-refractivity contribution in [2.24, 2.45) is 0 Å². The predicted molar refractivity (Wildman–Crippen MR) is 102 cm³/mol. The minimum Gasteiger partial charge on any atom is -0.454 e. The van der Waals surface area contributed by atoms with Crippen molar-refractivity contribution in [3.8, 4) is 11.5 Å². The predicted octanol–water partition coefficient (Wildman–Crippen LogP) is 3.09. The van der Waals surface area contributed by atoms with Crippen LogP contribution in [0.2, 0.25) is 0 Å². The number of rotatable bonds is 3. The summed E-state index contributed by atoms with van der Waals surface area (Å²) in [7, 11) is 0. The Morgan fingerprint density at radius 2 is 1.81 bits per heavy atom. The molecule has 4 rings (SSSR count). The monoisotopic (exact) mass is 350 g/mol. The Balaban J connectivity index is 1.35. The van der Waals surface area contributed by atoms with Crippen LogP contribution in [-0.2, 0) is 4.79 Å². The van der Waals surface area contributed by atoms with Crippen molar-refractivity contribution >= 4 is 17.7 Å². The number of aryl methyl sites for hydroxylation is 1. The van der Waals surface area contributed by atoms with E-state index in [1.165, 1.54) is 11.3 Å². The number of ether oxygens (including phenoxy) is 2. The Hall–Kier alpha value is -2.95. The Labute approximate surface area is 153 Å². The van der Waals surface area contributed by atoms with Crippen molar-refractivity contribution < 1.29 is 14.3 Å². The highest BCUT2D eigenvalue weighted by molar-refractivity contribution is 5.92. The van der Waals surface area contributed by atoms with Crippen LogP contribution in [0.4, 0.5) is 5.69 Å². The zero-order valence-electron chi connectivity index (χ0n) is 14.9. The lowest BCUT2D eigenvalue weighted by molar-refractivity contribution is -0.126. The first-order valence-electron chi connectivity index (χ1n) is 8.87. The molecular formula is C21H22N2O3. The summed E-state index contributed by atoms with van der Waals surface area (Å²) in [4.78, 5) is 16.7. The Kier molecular flexibility index (Phi) is 4.52. The summed E-state index contributed by atoms with van der Waals surface area (Å²) in [5.41, 5.74) is 3.42. The molecule has 1 amide bonds. The summed E-state index contributed by atoms with van der Waals surface area (Å²) in [5, 5.41) is 0. The molecule has 1 fully saturated rings. The van der Waals surface area contributed by atoms with Crippen LogP contribution in [0, 0.1) is 6.92 Å². The SMILES string of the molecule is Cc1cccc(N2CCN(C(=O)C=Cc3ccc4c(c3)OCO4)CC2)c1. The second kappa shape index (κ2) is 7.12. The number of benzene rings is 2. The van der Waals surface area contributed by atoms with Crippen molar-refractivity contribution in [3.63, 3.8) is 0 Å². The van der Waals surface area contributed by atoms with Crippen LogP contribution < -0.4 is 14.4 Å². The molecule has 0 spiro atoms. The van der Waals surface area contributed by atoms with E-state index in [1.54, 1.807) is 6.08 Å². The largest absolute Gasteiger partial charge is 0.454 e. The van der Waals surface area contributed by atoms with E-state index in [2.05, 4.69) is 36.1 Å². The minimum absolute atomic E-state index is 0.0477. The molecule has 2 aliphatic heterocycles. The molecule has 0 radical (unpaired) electrons. The fourth-order valence-corrected chi connectivity index (χ4v) is 3.30. The average Bonchev–Trinajstić information content (AvgIpc) is 3.14. The van der Waals surface area contributed by atoms with Gasteiger partial charge in [-0.1, -0.05) is 18.2 Å². The first-order valence-corrected chi connectivity index (χ1v) is 8.87. The lowest BCUT2D eigenvalue weighted by atomic mass is 10.1. The number of carbonyl (C=O) groups excluding carboxylic acids is 1. The van der Waals surface area contributed by atoms with Gasteiger partial charge in [-0.3, -0.25) is 4.79 Å². The number of nitrogens with zero attached hydrogens (tertiary/aromatic N) is 2. The zero-order chi connectivity index (χ0) is 17.9. The van der Waals surface area contributed by atoms with E-state index in [-0.39, 0.29) is 12.7 Å².